The molecule has 8 aliphatic rings. The number of hydrogen-bond acceptors (Lipinski definition) is 15. The van der Waals surface area contributed by atoms with E-state index >= 15 is 0 Å². The molecule has 8 rings (SSSR count). The van der Waals surface area contributed by atoms with Crippen molar-refractivity contribution < 1.29 is 162 Å². The quantitative estimate of drug-likeness (QED) is 0.0130. The van der Waals surface area contributed by atoms with Crippen LogP contribution in [0.4, 0.5) is 9.59 Å². The minimum absolute atomic E-state index is 0. The first-order valence-corrected chi connectivity index (χ1v) is 39.4. The number of esters is 2. The number of aliphatic hydroxyl groups is 4. The summed E-state index contributed by atoms with van der Waals surface area (Å²) in [5.41, 5.74) is -0.433. The van der Waals surface area contributed by atoms with Gasteiger partial charge in [-0.3, -0.25) is 19.4 Å². The van der Waals surface area contributed by atoms with Crippen LogP contribution >= 0.6 is 0 Å². The number of ether oxygens (including phenoxy) is 6. The van der Waals surface area contributed by atoms with Gasteiger partial charge in [-0.2, -0.15) is 0 Å². The second kappa shape index (κ2) is 48.2. The molecule has 0 spiro atoms. The van der Waals surface area contributed by atoms with Gasteiger partial charge in [0.2, 0.25) is 0 Å². The third kappa shape index (κ3) is 32.2. The molecule has 2 radical (unpaired) electrons. The summed E-state index contributed by atoms with van der Waals surface area (Å²) in [6, 6.07) is 1.37. The van der Waals surface area contributed by atoms with Gasteiger partial charge < -0.3 is 82.2 Å². The molecule has 578 valence electrons. The standard InChI is InChI=1S/C40H67N2O7.C39H64N2O7.C2H6.HI.2Y/c1-7-34(43)31(4)38-35(48-38)28-40(5,46)23-15-16-29(2)37-30(3)21-22-33(19-13-10-14-20-36(44)49-37)47-39(45)41-24-26-42(6,27-25-41)32-17-11-8-9-12-18-32;1-6-33(42)30(4)37-34(47-37)27-39(5,45)22-14-15-28(2)36-29(3)20-21-32(18-12-9-13-19-35(43)48-36)46-38(44)41-25-23-40(24-26-41)31-16-10-7-8-11-17-31;1-2;;;/h15-16,21-23,30-35,37-38,43,46H,7-14,17-20,24-28H2,1-6H3;14-15,20-22,29-34,36-37,42,45H,6-13,16-19,23-27H2,1-5H3;1-2H3;1H;;/q+1;;;;;/p-1/b22-21+,23-15+,29-16+;21-20+,22-14+,28-15+;;;;/t30-,31+,33+,34-,35+,37+,38+,40-;29-,30+,32+,33-,34+,36+,37+,39-;;;;/m00..../s1. The second-order valence-electron chi connectivity index (χ2n) is 31.2. The Balaban J connectivity index is 0.000000503. The average Bonchev–Trinajstić information content (AvgIpc) is 1.45. The molecule has 4 N–H and O–H groups in total. The van der Waals surface area contributed by atoms with Gasteiger partial charge in [0.1, 0.15) is 24.4 Å². The van der Waals surface area contributed by atoms with Crippen molar-refractivity contribution in [2.75, 3.05) is 59.4 Å². The first-order valence-electron chi connectivity index (χ1n) is 39.4. The predicted molar refractivity (Wildman–Crippen MR) is 393 cm³/mol. The van der Waals surface area contributed by atoms with Crippen molar-refractivity contribution >= 4 is 24.1 Å². The largest absolute Gasteiger partial charge is 1.00 e. The summed E-state index contributed by atoms with van der Waals surface area (Å²) < 4.78 is 36.8. The Labute approximate surface area is 683 Å². The van der Waals surface area contributed by atoms with E-state index in [-0.39, 0.29) is 174 Å². The molecule has 0 aromatic heterocycles. The number of likely N-dealkylation sites (N-methyl/N-ethyl adjacent to an activating group) is 1. The number of hydrogen-bond donors (Lipinski definition) is 4. The normalized spacial score (nSPS) is 30.8. The van der Waals surface area contributed by atoms with Gasteiger partial charge in [-0.1, -0.05) is 155 Å². The molecule has 6 fully saturated rings. The number of quaternary nitrogens is 1. The monoisotopic (exact) mass is 1690 g/mol. The van der Waals surface area contributed by atoms with E-state index in [1.807, 2.05) is 128 Å². The maximum absolute atomic E-state index is 13.4. The van der Waals surface area contributed by atoms with Gasteiger partial charge >= 0.3 is 24.1 Å². The molecule has 2 aliphatic carbocycles. The molecular weight excluding hydrogens is 1560 g/mol. The Bertz CT molecular complexity index is 2630. The zero-order valence-corrected chi connectivity index (χ0v) is 73.1. The van der Waals surface area contributed by atoms with Crippen molar-refractivity contribution in [2.24, 2.45) is 23.7 Å². The molecule has 2 saturated carbocycles. The van der Waals surface area contributed by atoms with E-state index in [1.165, 1.54) is 77.0 Å². The van der Waals surface area contributed by atoms with Crippen LogP contribution in [0.1, 0.15) is 250 Å². The van der Waals surface area contributed by atoms with E-state index in [0.717, 1.165) is 106 Å². The van der Waals surface area contributed by atoms with Crippen molar-refractivity contribution in [3.63, 3.8) is 0 Å². The third-order valence-electron chi connectivity index (χ3n) is 22.7. The molecule has 0 aromatic carbocycles. The van der Waals surface area contributed by atoms with Gasteiger partial charge in [0.25, 0.3) is 0 Å². The van der Waals surface area contributed by atoms with Crippen LogP contribution < -0.4 is 24.0 Å². The number of epoxide rings is 2. The van der Waals surface area contributed by atoms with Crippen molar-refractivity contribution in [1.29, 1.82) is 0 Å². The fourth-order valence-electron chi connectivity index (χ4n) is 15.8. The molecule has 6 aliphatic heterocycles. The summed E-state index contributed by atoms with van der Waals surface area (Å²) in [7, 11) is 2.38. The smallest absolute Gasteiger partial charge is 0.410 e. The Morgan fingerprint density at radius 3 is 1.33 bits per heavy atom. The van der Waals surface area contributed by atoms with Crippen LogP contribution in [0.5, 0.6) is 0 Å². The molecule has 4 saturated heterocycles. The molecular formula is C81H137IN4O14Y2. The maximum atomic E-state index is 13.4. The minimum atomic E-state index is -1.08. The van der Waals surface area contributed by atoms with Crippen LogP contribution in [0.25, 0.3) is 0 Å². The topological polar surface area (TPSA) is 221 Å². The third-order valence-corrected chi connectivity index (χ3v) is 22.7. The van der Waals surface area contributed by atoms with E-state index in [2.05, 4.69) is 11.9 Å². The molecule has 0 unspecified atom stereocenters. The number of cyclic esters (lactones) is 2. The maximum Gasteiger partial charge on any atom is 0.410 e. The minimum Gasteiger partial charge on any atom is -1.00 e. The number of halogens is 1. The summed E-state index contributed by atoms with van der Waals surface area (Å²) in [5.74, 6) is -0.652. The molecule has 2 amide bonds. The summed E-state index contributed by atoms with van der Waals surface area (Å²) >= 11 is 0. The number of carbonyl (C=O) groups excluding carboxylic acids is 4. The second-order valence-corrected chi connectivity index (χ2v) is 31.2. The van der Waals surface area contributed by atoms with Gasteiger partial charge in [0.15, 0.2) is 0 Å². The van der Waals surface area contributed by atoms with Crippen molar-refractivity contribution in [3.05, 3.63) is 71.9 Å². The van der Waals surface area contributed by atoms with Gasteiger partial charge in [-0.15, -0.1) is 0 Å². The van der Waals surface area contributed by atoms with Gasteiger partial charge in [0, 0.05) is 147 Å². The van der Waals surface area contributed by atoms with E-state index in [4.69, 9.17) is 28.4 Å². The van der Waals surface area contributed by atoms with Crippen LogP contribution in [0.2, 0.25) is 0 Å². The van der Waals surface area contributed by atoms with Crippen molar-refractivity contribution in [1.82, 2.24) is 14.7 Å². The molecule has 16 atom stereocenters. The zero-order chi connectivity index (χ0) is 72.3. The molecule has 0 bridgehead atoms. The Morgan fingerprint density at radius 2 is 0.941 bits per heavy atom. The number of aliphatic hydroxyl groups excluding tert-OH is 2. The number of piperazine rings is 2. The summed E-state index contributed by atoms with van der Waals surface area (Å²) in [5, 5.41) is 42.4. The first kappa shape index (κ1) is 94.7. The molecule has 102 heavy (non-hydrogen) atoms. The number of nitrogens with zero attached hydrogens (tertiary/aromatic N) is 4. The van der Waals surface area contributed by atoms with E-state index in [1.54, 1.807) is 26.0 Å². The van der Waals surface area contributed by atoms with Crippen LogP contribution in [-0.2, 0) is 103 Å². The molecule has 0 aromatic rings. The van der Waals surface area contributed by atoms with Crippen LogP contribution in [-0.4, -0.2) is 207 Å². The zero-order valence-electron chi connectivity index (χ0n) is 65.2. The number of allylic oxidation sites excluding steroid dienone is 4. The number of carbonyl (C=O) groups is 4. The SMILES string of the molecule is CC.CC[C@H](O)[C@@H](C)[C@H]1O[C@@H]1C[C@@](C)(O)/C=C/C=C(\C)[C@H]1OC(=O)CCCCC[C@@H](OC(=O)N2CCN(C3CCCCCC3)CC2)/C=C/[C@@H]1C.CC[C@H](O)[C@@H](C)[C@H]1O[C@@H]1C[C@@](C)(O)/C=C/C=C(\C)[C@H]1OC(=O)CCCCC[C@@H](OC(=O)N2CC[N+](C)(C3CCCCCC3)CC2)/C=C/[C@@H]1C.[I-].[Y].[Y]. The molecule has 21 heteroatoms. The molecule has 18 nitrogen and oxygen atoms in total. The summed E-state index contributed by atoms with van der Waals surface area (Å²) in [4.78, 5) is 58.5. The van der Waals surface area contributed by atoms with E-state index in [9.17, 15) is 39.6 Å². The molecule has 6 heterocycles. The van der Waals surface area contributed by atoms with Crippen molar-refractivity contribution in [2.45, 2.75) is 334 Å². The number of amides is 2. The van der Waals surface area contributed by atoms with Crippen LogP contribution in [0.15, 0.2) is 71.9 Å². The van der Waals surface area contributed by atoms with Crippen molar-refractivity contribution in [3.8, 4) is 0 Å². The Morgan fingerprint density at radius 1 is 0.578 bits per heavy atom. The summed E-state index contributed by atoms with van der Waals surface area (Å²) in [6.45, 7) is 30.0. The van der Waals surface area contributed by atoms with Gasteiger partial charge in [-0.05, 0) is 141 Å². The Kier molecular flexibility index (Phi) is 44.8. The van der Waals surface area contributed by atoms with Crippen LogP contribution in [0.3, 0.4) is 0 Å². The fourth-order valence-corrected chi connectivity index (χ4v) is 15.8. The summed E-state index contributed by atoms with van der Waals surface area (Å²) in [6.07, 6.45) is 41.0. The van der Waals surface area contributed by atoms with Crippen LogP contribution in [0, 0.1) is 23.7 Å². The fraction of sp³-hybridized carbons (Fsp3) is 0.802. The van der Waals surface area contributed by atoms with Gasteiger partial charge in [0.05, 0.1) is 87.1 Å². The Hall–Kier alpha value is -1.46. The first-order chi connectivity index (χ1) is 47.3. The van der Waals surface area contributed by atoms with E-state index < -0.39 is 35.6 Å². The number of rotatable bonds is 20. The predicted octanol–water partition coefficient (Wildman–Crippen LogP) is 11.6. The van der Waals surface area contributed by atoms with Gasteiger partial charge in [-0.25, -0.2) is 9.59 Å². The average molecular weight is 1700 g/mol. The van der Waals surface area contributed by atoms with E-state index in [0.29, 0.717) is 63.7 Å².